The van der Waals surface area contributed by atoms with E-state index in [1.165, 1.54) is 0 Å². The average Bonchev–Trinajstić information content (AvgIpc) is 2.70. The minimum atomic E-state index is -0.335. The molecule has 2 heterocycles. The number of para-hydroxylation sites is 2. The summed E-state index contributed by atoms with van der Waals surface area (Å²) in [6.45, 7) is 7.44. The molecule has 0 radical (unpaired) electrons. The highest BCUT2D eigenvalue weighted by Gasteiger charge is 2.33. The molecule has 1 aromatic carbocycles. The Labute approximate surface area is 125 Å². The molecule has 1 fully saturated rings. The van der Waals surface area contributed by atoms with E-state index in [0.717, 1.165) is 30.1 Å². The van der Waals surface area contributed by atoms with Crippen LogP contribution in [0.4, 0.5) is 5.95 Å². The van der Waals surface area contributed by atoms with Gasteiger partial charge in [-0.1, -0.05) is 32.9 Å². The van der Waals surface area contributed by atoms with Crippen LogP contribution in [0, 0.1) is 5.41 Å². The second-order valence-electron chi connectivity index (χ2n) is 6.78. The number of nitrogens with one attached hydrogen (secondary N) is 1. The molecule has 112 valence electrons. The van der Waals surface area contributed by atoms with Crippen molar-refractivity contribution >= 4 is 22.9 Å². The monoisotopic (exact) mass is 286 g/mol. The highest BCUT2D eigenvalue weighted by atomic mass is 16.2. The molecule has 1 aromatic heterocycles. The topological polar surface area (TPSA) is 50.2 Å². The van der Waals surface area contributed by atoms with Crippen LogP contribution in [0.25, 0.3) is 11.0 Å². The Hall–Kier alpha value is -2.04. The Balaban J connectivity index is 1.68. The molecule has 2 aromatic rings. The maximum Gasteiger partial charge on any atom is 0.225 e. The van der Waals surface area contributed by atoms with Gasteiger partial charge in [0.1, 0.15) is 0 Å². The first-order valence-electron chi connectivity index (χ1n) is 7.33. The lowest BCUT2D eigenvalue weighted by atomic mass is 9.94. The number of rotatable bonds is 2. The van der Waals surface area contributed by atoms with Crippen LogP contribution in [-0.2, 0) is 11.8 Å². The molecule has 1 aliphatic heterocycles. The van der Waals surface area contributed by atoms with E-state index in [4.69, 9.17) is 0 Å². The van der Waals surface area contributed by atoms with Crippen LogP contribution < -0.4 is 10.2 Å². The first-order chi connectivity index (χ1) is 9.86. The van der Waals surface area contributed by atoms with E-state index in [-0.39, 0.29) is 17.4 Å². The number of carbonyl (C=O) groups excluding carboxylic acids is 1. The SMILES string of the molecule is Cn1c(N2CC(NC(=O)C(C)(C)C)C2)nc2ccccc21. The van der Waals surface area contributed by atoms with Crippen LogP contribution in [0.5, 0.6) is 0 Å². The van der Waals surface area contributed by atoms with Crippen molar-refractivity contribution in [3.05, 3.63) is 24.3 Å². The van der Waals surface area contributed by atoms with Gasteiger partial charge in [0, 0.05) is 25.6 Å². The highest BCUT2D eigenvalue weighted by molar-refractivity contribution is 5.82. The van der Waals surface area contributed by atoms with E-state index in [1.807, 2.05) is 46.0 Å². The summed E-state index contributed by atoms with van der Waals surface area (Å²) in [6.07, 6.45) is 0. The largest absolute Gasteiger partial charge is 0.349 e. The Morgan fingerprint density at radius 1 is 1.29 bits per heavy atom. The molecule has 1 N–H and O–H groups in total. The third kappa shape index (κ3) is 2.48. The van der Waals surface area contributed by atoms with Gasteiger partial charge in [-0.3, -0.25) is 4.79 Å². The first kappa shape index (κ1) is 13.9. The minimum absolute atomic E-state index is 0.108. The van der Waals surface area contributed by atoms with Gasteiger partial charge in [-0.2, -0.15) is 0 Å². The Kier molecular flexibility index (Phi) is 3.15. The summed E-state index contributed by atoms with van der Waals surface area (Å²) in [7, 11) is 2.03. The minimum Gasteiger partial charge on any atom is -0.349 e. The molecule has 0 saturated carbocycles. The lowest BCUT2D eigenvalue weighted by Gasteiger charge is -2.41. The first-order valence-corrected chi connectivity index (χ1v) is 7.33. The predicted molar refractivity (Wildman–Crippen MR) is 84.3 cm³/mol. The molecule has 0 aliphatic carbocycles. The van der Waals surface area contributed by atoms with Gasteiger partial charge in [0.2, 0.25) is 11.9 Å². The summed E-state index contributed by atoms with van der Waals surface area (Å²) in [4.78, 5) is 18.8. The molecule has 1 amide bonds. The number of benzene rings is 1. The van der Waals surface area contributed by atoms with E-state index in [9.17, 15) is 4.79 Å². The predicted octanol–water partition coefficient (Wildman–Crippen LogP) is 1.92. The van der Waals surface area contributed by atoms with Crippen molar-refractivity contribution in [3.63, 3.8) is 0 Å². The summed E-state index contributed by atoms with van der Waals surface area (Å²) >= 11 is 0. The van der Waals surface area contributed by atoms with Crippen molar-refractivity contribution in [2.24, 2.45) is 12.5 Å². The Bertz CT molecular complexity index is 677. The van der Waals surface area contributed by atoms with Crippen LogP contribution in [0.2, 0.25) is 0 Å². The van der Waals surface area contributed by atoms with Crippen LogP contribution in [-0.4, -0.2) is 34.6 Å². The second kappa shape index (κ2) is 4.76. The van der Waals surface area contributed by atoms with Crippen LogP contribution in [0.15, 0.2) is 24.3 Å². The number of imidazole rings is 1. The van der Waals surface area contributed by atoms with Crippen molar-refractivity contribution in [1.29, 1.82) is 0 Å². The van der Waals surface area contributed by atoms with E-state index in [0.29, 0.717) is 0 Å². The smallest absolute Gasteiger partial charge is 0.225 e. The Morgan fingerprint density at radius 2 is 1.95 bits per heavy atom. The maximum absolute atomic E-state index is 12.0. The van der Waals surface area contributed by atoms with Crippen LogP contribution in [0.1, 0.15) is 20.8 Å². The van der Waals surface area contributed by atoms with E-state index in [2.05, 4.69) is 25.8 Å². The van der Waals surface area contributed by atoms with E-state index < -0.39 is 0 Å². The maximum atomic E-state index is 12.0. The Morgan fingerprint density at radius 3 is 2.57 bits per heavy atom. The van der Waals surface area contributed by atoms with Gasteiger partial charge in [0.15, 0.2) is 0 Å². The zero-order chi connectivity index (χ0) is 15.2. The summed E-state index contributed by atoms with van der Waals surface area (Å²) in [5.41, 5.74) is 1.81. The number of fused-ring (bicyclic) bond motifs is 1. The number of hydrogen-bond acceptors (Lipinski definition) is 3. The van der Waals surface area contributed by atoms with Gasteiger partial charge in [0.25, 0.3) is 0 Å². The fraction of sp³-hybridized carbons (Fsp3) is 0.500. The van der Waals surface area contributed by atoms with Gasteiger partial charge in [-0.15, -0.1) is 0 Å². The summed E-state index contributed by atoms with van der Waals surface area (Å²) in [5, 5.41) is 3.09. The van der Waals surface area contributed by atoms with Crippen molar-refractivity contribution in [3.8, 4) is 0 Å². The van der Waals surface area contributed by atoms with Crippen molar-refractivity contribution in [2.45, 2.75) is 26.8 Å². The van der Waals surface area contributed by atoms with E-state index in [1.54, 1.807) is 0 Å². The van der Waals surface area contributed by atoms with Gasteiger partial charge in [0.05, 0.1) is 17.1 Å². The molecular formula is C16H22N4O. The number of aryl methyl sites for hydroxylation is 1. The molecule has 21 heavy (non-hydrogen) atoms. The molecule has 3 rings (SSSR count). The van der Waals surface area contributed by atoms with Crippen molar-refractivity contribution < 1.29 is 4.79 Å². The average molecular weight is 286 g/mol. The van der Waals surface area contributed by atoms with Crippen LogP contribution >= 0.6 is 0 Å². The molecule has 5 heteroatoms. The van der Waals surface area contributed by atoms with Gasteiger partial charge in [-0.25, -0.2) is 4.98 Å². The number of hydrogen-bond donors (Lipinski definition) is 1. The lowest BCUT2D eigenvalue weighted by Crippen LogP contribution is -2.61. The third-order valence-electron chi connectivity index (χ3n) is 3.94. The normalized spacial score (nSPS) is 16.1. The molecule has 0 spiro atoms. The zero-order valence-electron chi connectivity index (χ0n) is 13.1. The number of aromatic nitrogens is 2. The molecule has 5 nitrogen and oxygen atoms in total. The molecule has 0 unspecified atom stereocenters. The molecule has 0 atom stereocenters. The summed E-state index contributed by atoms with van der Waals surface area (Å²) in [6, 6.07) is 8.34. The van der Waals surface area contributed by atoms with Crippen molar-refractivity contribution in [1.82, 2.24) is 14.9 Å². The van der Waals surface area contributed by atoms with Gasteiger partial charge >= 0.3 is 0 Å². The highest BCUT2D eigenvalue weighted by Crippen LogP contribution is 2.25. The van der Waals surface area contributed by atoms with Crippen LogP contribution in [0.3, 0.4) is 0 Å². The third-order valence-corrected chi connectivity index (χ3v) is 3.94. The quantitative estimate of drug-likeness (QED) is 0.917. The summed E-state index contributed by atoms with van der Waals surface area (Å²) < 4.78 is 2.11. The standard InChI is InChI=1S/C16H22N4O/c1-16(2,3)14(21)17-11-9-20(10-11)15-18-12-7-5-6-8-13(12)19(15)4/h5-8,11H,9-10H2,1-4H3,(H,17,21). The molecule has 0 bridgehead atoms. The fourth-order valence-electron chi connectivity index (χ4n) is 2.55. The summed E-state index contributed by atoms with van der Waals surface area (Å²) in [5.74, 6) is 1.08. The number of amides is 1. The number of nitrogens with zero attached hydrogens (tertiary/aromatic N) is 3. The van der Waals surface area contributed by atoms with Crippen molar-refractivity contribution in [2.75, 3.05) is 18.0 Å². The van der Waals surface area contributed by atoms with E-state index >= 15 is 0 Å². The lowest BCUT2D eigenvalue weighted by molar-refractivity contribution is -0.129. The number of anilines is 1. The molecule has 1 saturated heterocycles. The molecular weight excluding hydrogens is 264 g/mol. The van der Waals surface area contributed by atoms with Gasteiger partial charge in [-0.05, 0) is 12.1 Å². The fourth-order valence-corrected chi connectivity index (χ4v) is 2.55. The number of carbonyl (C=O) groups is 1. The second-order valence-corrected chi connectivity index (χ2v) is 6.78. The zero-order valence-corrected chi connectivity index (χ0v) is 13.1. The van der Waals surface area contributed by atoms with Gasteiger partial charge < -0.3 is 14.8 Å². The molecule has 1 aliphatic rings.